The molecule has 0 radical (unpaired) electrons. The Bertz CT molecular complexity index is 379. The van der Waals surface area contributed by atoms with Crippen molar-refractivity contribution in [3.05, 3.63) is 0 Å². The predicted octanol–water partition coefficient (Wildman–Crippen LogP) is 1.70. The number of amides is 1. The number of carbonyl (C=O) groups is 1. The highest BCUT2D eigenvalue weighted by Gasteiger charge is 2.32. The lowest BCUT2D eigenvalue weighted by Crippen LogP contribution is -2.50. The third kappa shape index (κ3) is 6.38. The molecule has 0 aromatic carbocycles. The van der Waals surface area contributed by atoms with Crippen LogP contribution >= 0.6 is 0 Å². The second-order valence-electron chi connectivity index (χ2n) is 5.82. The van der Waals surface area contributed by atoms with Gasteiger partial charge in [0.25, 0.3) is 0 Å². The van der Waals surface area contributed by atoms with E-state index >= 15 is 0 Å². The third-order valence-corrected chi connectivity index (χ3v) is 4.24. The summed E-state index contributed by atoms with van der Waals surface area (Å²) in [6, 6.07) is 0. The molecule has 0 aromatic heterocycles. The van der Waals surface area contributed by atoms with E-state index in [1.807, 2.05) is 13.8 Å². The highest BCUT2D eigenvalue weighted by Crippen LogP contribution is 2.17. The van der Waals surface area contributed by atoms with Gasteiger partial charge in [-0.05, 0) is 33.6 Å². The smallest absolute Gasteiger partial charge is 0.237 e. The largest absolute Gasteiger partial charge is 0.342 e. The lowest BCUT2D eigenvalue weighted by atomic mass is 10.1. The fourth-order valence-corrected chi connectivity index (χ4v) is 3.32. The van der Waals surface area contributed by atoms with Crippen molar-refractivity contribution in [2.45, 2.75) is 53.0 Å². The van der Waals surface area contributed by atoms with Gasteiger partial charge in [-0.1, -0.05) is 13.8 Å². The summed E-state index contributed by atoms with van der Waals surface area (Å²) >= 11 is 0. The van der Waals surface area contributed by atoms with Crippen LogP contribution in [0.3, 0.4) is 0 Å². The average Bonchev–Trinajstić information content (AvgIpc) is 2.22. The Hall–Kier alpha value is -0.620. The van der Waals surface area contributed by atoms with Crippen LogP contribution in [-0.4, -0.2) is 55.0 Å². The topological polar surface area (TPSA) is 57.7 Å². The molecule has 0 saturated heterocycles. The van der Waals surface area contributed by atoms with Crippen molar-refractivity contribution in [2.24, 2.45) is 0 Å². The summed E-state index contributed by atoms with van der Waals surface area (Å²) in [4.78, 5) is 14.0. The number of sulfonamides is 1. The van der Waals surface area contributed by atoms with Gasteiger partial charge in [-0.25, -0.2) is 8.42 Å². The van der Waals surface area contributed by atoms with Gasteiger partial charge in [0.1, 0.15) is 0 Å². The molecule has 0 bridgehead atoms. The number of hydrogen-bond acceptors (Lipinski definition) is 3. The van der Waals surface area contributed by atoms with Crippen molar-refractivity contribution in [2.75, 3.05) is 25.9 Å². The Labute approximate surface area is 118 Å². The molecule has 0 aliphatic rings. The SMILES string of the molecule is CCCN(CCC)C(=O)CN(C(C)(C)C)S(C)(=O)=O. The van der Waals surface area contributed by atoms with Gasteiger partial charge in [-0.2, -0.15) is 4.31 Å². The van der Waals surface area contributed by atoms with Crippen LogP contribution in [0.2, 0.25) is 0 Å². The number of rotatable bonds is 7. The van der Waals surface area contributed by atoms with Gasteiger partial charge in [-0.15, -0.1) is 0 Å². The predicted molar refractivity (Wildman–Crippen MR) is 78.5 cm³/mol. The zero-order valence-electron chi connectivity index (χ0n) is 13.1. The monoisotopic (exact) mass is 292 g/mol. The molecule has 19 heavy (non-hydrogen) atoms. The van der Waals surface area contributed by atoms with Crippen molar-refractivity contribution in [1.82, 2.24) is 9.21 Å². The standard InChI is InChI=1S/C13H28N2O3S/c1-7-9-14(10-8-2)12(16)11-15(13(3,4)5)19(6,17)18/h7-11H2,1-6H3. The molecule has 0 fully saturated rings. The average molecular weight is 292 g/mol. The van der Waals surface area contributed by atoms with E-state index < -0.39 is 15.6 Å². The molecule has 5 nitrogen and oxygen atoms in total. The zero-order chi connectivity index (χ0) is 15.3. The van der Waals surface area contributed by atoms with Gasteiger partial charge >= 0.3 is 0 Å². The Morgan fingerprint density at radius 3 is 1.74 bits per heavy atom. The summed E-state index contributed by atoms with van der Waals surface area (Å²) in [5.74, 6) is -0.121. The highest BCUT2D eigenvalue weighted by molar-refractivity contribution is 7.88. The van der Waals surface area contributed by atoms with Crippen LogP contribution in [0.1, 0.15) is 47.5 Å². The van der Waals surface area contributed by atoms with E-state index in [2.05, 4.69) is 0 Å². The molecule has 0 N–H and O–H groups in total. The summed E-state index contributed by atoms with van der Waals surface area (Å²) in [6.45, 7) is 10.7. The van der Waals surface area contributed by atoms with Crippen LogP contribution in [0.4, 0.5) is 0 Å². The summed E-state index contributed by atoms with van der Waals surface area (Å²) in [6.07, 6.45) is 2.90. The molecular weight excluding hydrogens is 264 g/mol. The summed E-state index contributed by atoms with van der Waals surface area (Å²) < 4.78 is 24.9. The second kappa shape index (κ2) is 7.24. The fourth-order valence-electron chi connectivity index (χ4n) is 1.98. The van der Waals surface area contributed by atoms with Crippen LogP contribution < -0.4 is 0 Å². The third-order valence-electron chi connectivity index (χ3n) is 2.77. The first kappa shape index (κ1) is 18.4. The summed E-state index contributed by atoms with van der Waals surface area (Å²) in [5, 5.41) is 0. The van der Waals surface area contributed by atoms with Crippen LogP contribution in [0.5, 0.6) is 0 Å². The molecule has 0 heterocycles. The first-order valence-corrected chi connectivity index (χ1v) is 8.64. The quantitative estimate of drug-likeness (QED) is 0.717. The Kier molecular flexibility index (Phi) is 7.00. The lowest BCUT2D eigenvalue weighted by molar-refractivity contribution is -0.132. The molecule has 114 valence electrons. The highest BCUT2D eigenvalue weighted by atomic mass is 32.2. The molecule has 0 aliphatic heterocycles. The minimum Gasteiger partial charge on any atom is -0.342 e. The molecule has 0 unspecified atom stereocenters. The van der Waals surface area contributed by atoms with Crippen molar-refractivity contribution >= 4 is 15.9 Å². The van der Waals surface area contributed by atoms with E-state index in [4.69, 9.17) is 0 Å². The van der Waals surface area contributed by atoms with E-state index in [1.165, 1.54) is 4.31 Å². The molecule has 0 aromatic rings. The van der Waals surface area contributed by atoms with E-state index in [0.29, 0.717) is 13.1 Å². The molecule has 0 rings (SSSR count). The van der Waals surface area contributed by atoms with Gasteiger partial charge in [0.15, 0.2) is 0 Å². The summed E-state index contributed by atoms with van der Waals surface area (Å²) in [7, 11) is -3.40. The van der Waals surface area contributed by atoms with Gasteiger partial charge < -0.3 is 4.90 Å². The molecular formula is C13H28N2O3S. The van der Waals surface area contributed by atoms with Crippen molar-refractivity contribution in [3.8, 4) is 0 Å². The molecule has 0 saturated carbocycles. The zero-order valence-corrected chi connectivity index (χ0v) is 13.9. The maximum atomic E-state index is 12.2. The molecule has 1 amide bonds. The molecule has 0 spiro atoms. The van der Waals surface area contributed by atoms with Crippen LogP contribution in [0.25, 0.3) is 0 Å². The van der Waals surface area contributed by atoms with E-state index in [-0.39, 0.29) is 12.5 Å². The Morgan fingerprint density at radius 1 is 1.05 bits per heavy atom. The normalized spacial score (nSPS) is 12.8. The van der Waals surface area contributed by atoms with Crippen molar-refractivity contribution < 1.29 is 13.2 Å². The number of nitrogens with zero attached hydrogens (tertiary/aromatic N) is 2. The minimum atomic E-state index is -3.40. The van der Waals surface area contributed by atoms with E-state index in [0.717, 1.165) is 19.1 Å². The van der Waals surface area contributed by atoms with Crippen LogP contribution in [0.15, 0.2) is 0 Å². The maximum Gasteiger partial charge on any atom is 0.237 e. The second-order valence-corrected chi connectivity index (χ2v) is 7.73. The maximum absolute atomic E-state index is 12.2. The van der Waals surface area contributed by atoms with E-state index in [9.17, 15) is 13.2 Å². The molecule has 0 atom stereocenters. The molecule has 6 heteroatoms. The number of carbonyl (C=O) groups excluding carboxylic acids is 1. The Morgan fingerprint density at radius 2 is 1.47 bits per heavy atom. The minimum absolute atomic E-state index is 0.0810. The van der Waals surface area contributed by atoms with Crippen LogP contribution in [0, 0.1) is 0 Å². The van der Waals surface area contributed by atoms with Crippen LogP contribution in [-0.2, 0) is 14.8 Å². The lowest BCUT2D eigenvalue weighted by Gasteiger charge is -2.34. The van der Waals surface area contributed by atoms with E-state index in [1.54, 1.807) is 25.7 Å². The van der Waals surface area contributed by atoms with Gasteiger partial charge in [0.05, 0.1) is 12.8 Å². The first-order chi connectivity index (χ1) is 8.54. The Balaban J connectivity index is 4.99. The molecule has 0 aliphatic carbocycles. The van der Waals surface area contributed by atoms with Gasteiger partial charge in [0, 0.05) is 18.6 Å². The summed E-state index contributed by atoms with van der Waals surface area (Å²) in [5.41, 5.74) is -0.590. The van der Waals surface area contributed by atoms with Gasteiger partial charge in [-0.3, -0.25) is 4.79 Å². The van der Waals surface area contributed by atoms with Gasteiger partial charge in [0.2, 0.25) is 15.9 Å². The first-order valence-electron chi connectivity index (χ1n) is 6.79. The van der Waals surface area contributed by atoms with Crippen molar-refractivity contribution in [1.29, 1.82) is 0 Å². The fraction of sp³-hybridized carbons (Fsp3) is 0.923. The number of hydrogen-bond donors (Lipinski definition) is 0. The van der Waals surface area contributed by atoms with Crippen molar-refractivity contribution in [3.63, 3.8) is 0 Å².